The molecule has 0 unspecified atom stereocenters. The molecule has 3 heteroatoms. The molecule has 0 N–H and O–H groups in total. The fourth-order valence-corrected chi connectivity index (χ4v) is 2.78. The van der Waals surface area contributed by atoms with Crippen molar-refractivity contribution in [2.24, 2.45) is 0 Å². The molecule has 0 spiro atoms. The Morgan fingerprint density at radius 2 is 1.94 bits per heavy atom. The molecule has 0 aliphatic rings. The van der Waals surface area contributed by atoms with E-state index >= 15 is 0 Å². The van der Waals surface area contributed by atoms with Gasteiger partial charge in [-0.1, -0.05) is 43.2 Å². The summed E-state index contributed by atoms with van der Waals surface area (Å²) in [5, 5.41) is 0. The second kappa shape index (κ2) is 7.02. The summed E-state index contributed by atoms with van der Waals surface area (Å²) in [5.41, 5.74) is 3.63. The molecule has 0 fully saturated rings. The van der Waals surface area contributed by atoms with Gasteiger partial charge in [-0.15, -0.1) is 0 Å². The third kappa shape index (κ3) is 3.29. The Bertz CT molecular complexity index is 425. The van der Waals surface area contributed by atoms with Crippen molar-refractivity contribution in [3.05, 3.63) is 29.8 Å². The Kier molecular flexibility index (Phi) is 5.99. The lowest BCUT2D eigenvalue weighted by Crippen LogP contribution is -3.00. The maximum atomic E-state index is 2.38. The first-order valence-electron chi connectivity index (χ1n) is 5.77. The molecular weight excluding hydrogens is 282 g/mol. The standard InChI is InChI=1S/C13H18NS.BrH/c1-2-3-4-7-10-14-11-15-13-9-6-5-8-12(13)14;/h5-6,8-9,11H,2-4,7,10H2,1H3;1H/q+1;/p-1. The van der Waals surface area contributed by atoms with E-state index in [9.17, 15) is 0 Å². The summed E-state index contributed by atoms with van der Waals surface area (Å²) in [4.78, 5) is 0. The predicted molar refractivity (Wildman–Crippen MR) is 66.2 cm³/mol. The Balaban J connectivity index is 0.00000128. The van der Waals surface area contributed by atoms with Crippen molar-refractivity contribution in [3.8, 4) is 0 Å². The highest BCUT2D eigenvalue weighted by Gasteiger charge is 2.09. The lowest BCUT2D eigenvalue weighted by atomic mass is 10.2. The maximum absolute atomic E-state index is 2.38. The van der Waals surface area contributed by atoms with Crippen molar-refractivity contribution in [2.75, 3.05) is 0 Å². The highest BCUT2D eigenvalue weighted by atomic mass is 79.9. The third-order valence-electron chi connectivity index (χ3n) is 2.73. The van der Waals surface area contributed by atoms with E-state index in [1.165, 1.54) is 42.4 Å². The minimum absolute atomic E-state index is 0. The van der Waals surface area contributed by atoms with Gasteiger partial charge >= 0.3 is 0 Å². The van der Waals surface area contributed by atoms with Crippen LogP contribution in [0, 0.1) is 0 Å². The van der Waals surface area contributed by atoms with E-state index in [-0.39, 0.29) is 17.0 Å². The molecule has 2 aromatic rings. The summed E-state index contributed by atoms with van der Waals surface area (Å²) < 4.78 is 3.78. The molecule has 1 nitrogen and oxygen atoms in total. The molecule has 0 aliphatic heterocycles. The van der Waals surface area contributed by atoms with Crippen molar-refractivity contribution in [3.63, 3.8) is 0 Å². The predicted octanol–water partition coefficient (Wildman–Crippen LogP) is 0.773. The quantitative estimate of drug-likeness (QED) is 0.567. The first-order chi connectivity index (χ1) is 7.42. The van der Waals surface area contributed by atoms with Crippen LogP contribution in [0.2, 0.25) is 0 Å². The van der Waals surface area contributed by atoms with Crippen molar-refractivity contribution in [2.45, 2.75) is 39.2 Å². The normalized spacial score (nSPS) is 10.3. The zero-order valence-corrected chi connectivity index (χ0v) is 12.1. The van der Waals surface area contributed by atoms with E-state index in [1.54, 1.807) is 0 Å². The van der Waals surface area contributed by atoms with Gasteiger partial charge in [-0.25, -0.2) is 0 Å². The Morgan fingerprint density at radius 1 is 1.12 bits per heavy atom. The number of fused-ring (bicyclic) bond motifs is 1. The zero-order valence-electron chi connectivity index (χ0n) is 9.66. The fourth-order valence-electron chi connectivity index (χ4n) is 1.85. The monoisotopic (exact) mass is 299 g/mol. The Labute approximate surface area is 112 Å². The summed E-state index contributed by atoms with van der Waals surface area (Å²) >= 11 is 1.84. The van der Waals surface area contributed by atoms with Gasteiger partial charge in [0.2, 0.25) is 11.0 Å². The minimum Gasteiger partial charge on any atom is -1.00 e. The number of aryl methyl sites for hydroxylation is 1. The summed E-state index contributed by atoms with van der Waals surface area (Å²) in [6.07, 6.45) is 5.34. The van der Waals surface area contributed by atoms with Gasteiger partial charge in [0, 0.05) is 12.5 Å². The molecule has 1 heterocycles. The second-order valence-corrected chi connectivity index (χ2v) is 4.83. The number of aromatic nitrogens is 1. The van der Waals surface area contributed by atoms with Crippen LogP contribution in [0.1, 0.15) is 32.6 Å². The third-order valence-corrected chi connectivity index (χ3v) is 3.69. The van der Waals surface area contributed by atoms with Crippen LogP contribution in [0.3, 0.4) is 0 Å². The summed E-state index contributed by atoms with van der Waals surface area (Å²) in [7, 11) is 0. The average Bonchev–Trinajstić information content (AvgIpc) is 2.68. The number of benzene rings is 1. The molecule has 0 aliphatic carbocycles. The molecule has 0 amide bonds. The van der Waals surface area contributed by atoms with E-state index in [1.807, 2.05) is 11.3 Å². The Morgan fingerprint density at radius 3 is 2.75 bits per heavy atom. The molecular formula is C13H18BrNS. The van der Waals surface area contributed by atoms with Crippen LogP contribution in [0.25, 0.3) is 10.2 Å². The number of para-hydroxylation sites is 1. The van der Waals surface area contributed by atoms with Crippen LogP contribution in [-0.4, -0.2) is 0 Å². The van der Waals surface area contributed by atoms with E-state index < -0.39 is 0 Å². The van der Waals surface area contributed by atoms with E-state index in [0.717, 1.165) is 0 Å². The van der Waals surface area contributed by atoms with Gasteiger partial charge in [0.15, 0.2) is 0 Å². The highest BCUT2D eigenvalue weighted by Crippen LogP contribution is 2.15. The van der Waals surface area contributed by atoms with Crippen LogP contribution in [-0.2, 0) is 6.54 Å². The van der Waals surface area contributed by atoms with Gasteiger partial charge in [-0.2, -0.15) is 4.57 Å². The maximum Gasteiger partial charge on any atom is 0.225 e. The molecule has 16 heavy (non-hydrogen) atoms. The van der Waals surface area contributed by atoms with Crippen molar-refractivity contribution in [1.82, 2.24) is 0 Å². The lowest BCUT2D eigenvalue weighted by Gasteiger charge is -1.95. The largest absolute Gasteiger partial charge is 1.00 e. The minimum atomic E-state index is 0. The molecule has 0 radical (unpaired) electrons. The van der Waals surface area contributed by atoms with E-state index in [2.05, 4.69) is 41.3 Å². The first-order valence-corrected chi connectivity index (χ1v) is 6.65. The topological polar surface area (TPSA) is 3.88 Å². The number of thiazole rings is 1. The summed E-state index contributed by atoms with van der Waals surface area (Å²) in [5.74, 6) is 0. The van der Waals surface area contributed by atoms with Crippen LogP contribution in [0.5, 0.6) is 0 Å². The van der Waals surface area contributed by atoms with Gasteiger partial charge in [-0.05, 0) is 12.5 Å². The first kappa shape index (κ1) is 13.7. The molecule has 0 bridgehead atoms. The smallest absolute Gasteiger partial charge is 0.225 e. The number of halogens is 1. The summed E-state index contributed by atoms with van der Waals surface area (Å²) in [6, 6.07) is 8.64. The van der Waals surface area contributed by atoms with Gasteiger partial charge in [0.25, 0.3) is 0 Å². The lowest BCUT2D eigenvalue weighted by molar-refractivity contribution is -0.667. The number of rotatable bonds is 5. The van der Waals surface area contributed by atoms with Crippen molar-refractivity contribution < 1.29 is 21.5 Å². The molecule has 0 saturated heterocycles. The SMILES string of the molecule is CCCCCC[n+]1csc2ccccc21.[Br-]. The van der Waals surface area contributed by atoms with Crippen LogP contribution in [0.15, 0.2) is 29.8 Å². The Hall–Kier alpha value is -0.410. The van der Waals surface area contributed by atoms with Crippen molar-refractivity contribution >= 4 is 21.6 Å². The number of hydrogen-bond donors (Lipinski definition) is 0. The molecule has 88 valence electrons. The molecule has 2 rings (SSSR count). The van der Waals surface area contributed by atoms with E-state index in [0.29, 0.717) is 0 Å². The van der Waals surface area contributed by atoms with Gasteiger partial charge in [-0.3, -0.25) is 0 Å². The number of nitrogens with zero attached hydrogens (tertiary/aromatic N) is 1. The van der Waals surface area contributed by atoms with Crippen LogP contribution < -0.4 is 21.5 Å². The van der Waals surface area contributed by atoms with Gasteiger partial charge in [0.1, 0.15) is 11.2 Å². The molecule has 0 saturated carbocycles. The zero-order chi connectivity index (χ0) is 10.5. The highest BCUT2D eigenvalue weighted by molar-refractivity contribution is 7.16. The number of hydrogen-bond acceptors (Lipinski definition) is 1. The summed E-state index contributed by atoms with van der Waals surface area (Å²) in [6.45, 7) is 3.43. The van der Waals surface area contributed by atoms with Crippen LogP contribution >= 0.6 is 11.3 Å². The van der Waals surface area contributed by atoms with E-state index in [4.69, 9.17) is 0 Å². The average molecular weight is 300 g/mol. The number of unbranched alkanes of at least 4 members (excludes halogenated alkanes) is 3. The van der Waals surface area contributed by atoms with Gasteiger partial charge in [0.05, 0.1) is 0 Å². The van der Waals surface area contributed by atoms with Crippen molar-refractivity contribution in [1.29, 1.82) is 0 Å². The van der Waals surface area contributed by atoms with Crippen LogP contribution in [0.4, 0.5) is 0 Å². The van der Waals surface area contributed by atoms with Gasteiger partial charge < -0.3 is 17.0 Å². The second-order valence-electron chi connectivity index (χ2n) is 3.95. The fraction of sp³-hybridized carbons (Fsp3) is 0.462. The molecule has 1 aromatic carbocycles. The molecule has 0 atom stereocenters. The molecule has 1 aromatic heterocycles.